The van der Waals surface area contributed by atoms with Gasteiger partial charge in [-0.2, -0.15) is 0 Å². The molecule has 0 aliphatic carbocycles. The normalized spacial score (nSPS) is 10.9. The van der Waals surface area contributed by atoms with Crippen molar-refractivity contribution in [3.8, 4) is 0 Å². The third-order valence-electron chi connectivity index (χ3n) is 2.09. The van der Waals surface area contributed by atoms with Crippen molar-refractivity contribution in [2.24, 2.45) is 0 Å². The number of rotatable bonds is 1. The molecule has 0 aliphatic rings. The average molecular weight is 179 g/mol. The van der Waals surface area contributed by atoms with Crippen LogP contribution in [0.5, 0.6) is 0 Å². The summed E-state index contributed by atoms with van der Waals surface area (Å²) in [5, 5.41) is 0.664. The minimum Gasteiger partial charge on any atom is -0.459 e. The van der Waals surface area contributed by atoms with Crippen molar-refractivity contribution in [1.82, 2.24) is 0 Å². The van der Waals surface area contributed by atoms with E-state index in [0.29, 0.717) is 16.7 Å². The standard InChI is InChI=1S/C10H10FNO/c1-2-8-10(12)7-5-6(11)3-4-9(7)13-8/h3-5H,2,12H2,1H3. The fourth-order valence-electron chi connectivity index (χ4n) is 1.40. The lowest BCUT2D eigenvalue weighted by molar-refractivity contribution is 0.558. The minimum atomic E-state index is -0.289. The molecule has 0 atom stereocenters. The van der Waals surface area contributed by atoms with E-state index in [0.717, 1.165) is 12.2 Å². The van der Waals surface area contributed by atoms with Crippen molar-refractivity contribution in [2.45, 2.75) is 13.3 Å². The molecule has 0 spiro atoms. The SMILES string of the molecule is CCc1oc2ccc(F)cc2c1N. The molecule has 0 amide bonds. The molecule has 1 heterocycles. The van der Waals surface area contributed by atoms with Crippen LogP contribution in [-0.2, 0) is 6.42 Å². The quantitative estimate of drug-likeness (QED) is 0.731. The van der Waals surface area contributed by atoms with Gasteiger partial charge < -0.3 is 10.2 Å². The summed E-state index contributed by atoms with van der Waals surface area (Å²) in [6.07, 6.45) is 0.724. The summed E-state index contributed by atoms with van der Waals surface area (Å²) in [4.78, 5) is 0. The zero-order valence-corrected chi connectivity index (χ0v) is 7.30. The smallest absolute Gasteiger partial charge is 0.136 e. The maximum atomic E-state index is 12.8. The van der Waals surface area contributed by atoms with Gasteiger partial charge in [0.05, 0.1) is 5.69 Å². The number of anilines is 1. The van der Waals surface area contributed by atoms with Crippen molar-refractivity contribution in [2.75, 3.05) is 5.73 Å². The van der Waals surface area contributed by atoms with Gasteiger partial charge in [0.15, 0.2) is 0 Å². The molecule has 68 valence electrons. The van der Waals surface area contributed by atoms with Gasteiger partial charge in [-0.25, -0.2) is 4.39 Å². The Morgan fingerprint density at radius 2 is 2.23 bits per heavy atom. The van der Waals surface area contributed by atoms with Gasteiger partial charge in [0.25, 0.3) is 0 Å². The summed E-state index contributed by atoms with van der Waals surface area (Å²) in [5.41, 5.74) is 6.96. The van der Waals surface area contributed by atoms with Crippen LogP contribution in [-0.4, -0.2) is 0 Å². The van der Waals surface area contributed by atoms with Crippen LogP contribution in [0.15, 0.2) is 22.6 Å². The molecule has 2 nitrogen and oxygen atoms in total. The van der Waals surface area contributed by atoms with Crippen molar-refractivity contribution in [3.63, 3.8) is 0 Å². The predicted molar refractivity (Wildman–Crippen MR) is 50.0 cm³/mol. The molecule has 0 saturated heterocycles. The second kappa shape index (κ2) is 2.76. The Kier molecular flexibility index (Phi) is 1.72. The lowest BCUT2D eigenvalue weighted by Gasteiger charge is -1.90. The molecule has 2 rings (SSSR count). The Bertz CT molecular complexity index is 447. The van der Waals surface area contributed by atoms with E-state index in [9.17, 15) is 4.39 Å². The van der Waals surface area contributed by atoms with Crippen LogP contribution < -0.4 is 5.73 Å². The molecule has 0 aliphatic heterocycles. The molecule has 1 aromatic heterocycles. The van der Waals surface area contributed by atoms with Crippen LogP contribution in [0.3, 0.4) is 0 Å². The van der Waals surface area contributed by atoms with E-state index in [-0.39, 0.29) is 5.82 Å². The van der Waals surface area contributed by atoms with Gasteiger partial charge in [0.1, 0.15) is 17.2 Å². The first kappa shape index (κ1) is 8.10. The van der Waals surface area contributed by atoms with E-state index in [1.54, 1.807) is 6.07 Å². The number of benzene rings is 1. The summed E-state index contributed by atoms with van der Waals surface area (Å²) >= 11 is 0. The Morgan fingerprint density at radius 1 is 1.46 bits per heavy atom. The van der Waals surface area contributed by atoms with E-state index in [1.165, 1.54) is 12.1 Å². The maximum absolute atomic E-state index is 12.8. The third-order valence-corrected chi connectivity index (χ3v) is 2.09. The Balaban J connectivity index is 2.77. The lowest BCUT2D eigenvalue weighted by atomic mass is 10.2. The van der Waals surface area contributed by atoms with Crippen LogP contribution in [0.1, 0.15) is 12.7 Å². The van der Waals surface area contributed by atoms with E-state index in [1.807, 2.05) is 6.92 Å². The molecule has 0 saturated carbocycles. The number of aryl methyl sites for hydroxylation is 1. The molecular weight excluding hydrogens is 169 g/mol. The first-order chi connectivity index (χ1) is 6.22. The second-order valence-corrected chi connectivity index (χ2v) is 2.93. The van der Waals surface area contributed by atoms with E-state index < -0.39 is 0 Å². The summed E-state index contributed by atoms with van der Waals surface area (Å²) in [5.74, 6) is 0.434. The highest BCUT2D eigenvalue weighted by Gasteiger charge is 2.09. The van der Waals surface area contributed by atoms with Crippen molar-refractivity contribution in [1.29, 1.82) is 0 Å². The highest BCUT2D eigenvalue weighted by molar-refractivity contribution is 5.91. The van der Waals surface area contributed by atoms with Gasteiger partial charge in [-0.1, -0.05) is 6.92 Å². The van der Waals surface area contributed by atoms with Crippen molar-refractivity contribution < 1.29 is 8.81 Å². The molecular formula is C10H10FNO. The molecule has 0 bridgehead atoms. The number of nitrogens with two attached hydrogens (primary N) is 1. The topological polar surface area (TPSA) is 39.2 Å². The van der Waals surface area contributed by atoms with Gasteiger partial charge in [0, 0.05) is 11.8 Å². The molecule has 0 radical (unpaired) electrons. The molecule has 13 heavy (non-hydrogen) atoms. The fourth-order valence-corrected chi connectivity index (χ4v) is 1.40. The molecule has 0 unspecified atom stereocenters. The maximum Gasteiger partial charge on any atom is 0.136 e. The lowest BCUT2D eigenvalue weighted by Crippen LogP contribution is -1.87. The number of hydrogen-bond acceptors (Lipinski definition) is 2. The number of furan rings is 1. The Morgan fingerprint density at radius 3 is 2.92 bits per heavy atom. The summed E-state index contributed by atoms with van der Waals surface area (Å²) < 4.78 is 18.2. The van der Waals surface area contributed by atoms with Crippen LogP contribution >= 0.6 is 0 Å². The third kappa shape index (κ3) is 1.16. The number of nitrogen functional groups attached to an aromatic ring is 1. The molecule has 3 heteroatoms. The first-order valence-electron chi connectivity index (χ1n) is 4.18. The van der Waals surface area contributed by atoms with Gasteiger partial charge >= 0.3 is 0 Å². The molecule has 2 N–H and O–H groups in total. The van der Waals surface area contributed by atoms with Gasteiger partial charge in [-0.15, -0.1) is 0 Å². The molecule has 1 aromatic carbocycles. The van der Waals surface area contributed by atoms with Gasteiger partial charge in [-0.3, -0.25) is 0 Å². The zero-order chi connectivity index (χ0) is 9.42. The summed E-state index contributed by atoms with van der Waals surface area (Å²) in [6, 6.07) is 4.36. The average Bonchev–Trinajstić information content (AvgIpc) is 2.44. The minimum absolute atomic E-state index is 0.289. The Labute approximate surface area is 75.1 Å². The van der Waals surface area contributed by atoms with E-state index in [4.69, 9.17) is 10.2 Å². The van der Waals surface area contributed by atoms with E-state index in [2.05, 4.69) is 0 Å². The summed E-state index contributed by atoms with van der Waals surface area (Å²) in [7, 11) is 0. The fraction of sp³-hybridized carbons (Fsp3) is 0.200. The van der Waals surface area contributed by atoms with Crippen LogP contribution in [0.4, 0.5) is 10.1 Å². The number of fused-ring (bicyclic) bond motifs is 1. The van der Waals surface area contributed by atoms with Crippen LogP contribution in [0, 0.1) is 5.82 Å². The van der Waals surface area contributed by atoms with Gasteiger partial charge in [-0.05, 0) is 18.2 Å². The predicted octanol–water partition coefficient (Wildman–Crippen LogP) is 2.72. The summed E-state index contributed by atoms with van der Waals surface area (Å²) in [6.45, 7) is 1.95. The highest BCUT2D eigenvalue weighted by atomic mass is 19.1. The second-order valence-electron chi connectivity index (χ2n) is 2.93. The van der Waals surface area contributed by atoms with Gasteiger partial charge in [0.2, 0.25) is 0 Å². The monoisotopic (exact) mass is 179 g/mol. The van der Waals surface area contributed by atoms with E-state index >= 15 is 0 Å². The molecule has 2 aromatic rings. The van der Waals surface area contributed by atoms with Crippen molar-refractivity contribution in [3.05, 3.63) is 29.8 Å². The van der Waals surface area contributed by atoms with Crippen molar-refractivity contribution >= 4 is 16.7 Å². The molecule has 0 fully saturated rings. The van der Waals surface area contributed by atoms with Crippen LogP contribution in [0.25, 0.3) is 11.0 Å². The Hall–Kier alpha value is -1.51. The largest absolute Gasteiger partial charge is 0.459 e. The number of hydrogen-bond donors (Lipinski definition) is 1. The highest BCUT2D eigenvalue weighted by Crippen LogP contribution is 2.28. The van der Waals surface area contributed by atoms with Crippen LogP contribution in [0.2, 0.25) is 0 Å². The zero-order valence-electron chi connectivity index (χ0n) is 7.30. The number of halogens is 1. The first-order valence-corrected chi connectivity index (χ1v) is 4.18.